The van der Waals surface area contributed by atoms with Gasteiger partial charge in [0.2, 0.25) is 5.56 Å². The number of benzene rings is 3. The molecular formula is C28H22ClFN2O4. The van der Waals surface area contributed by atoms with Gasteiger partial charge in [0.1, 0.15) is 5.82 Å². The molecule has 0 spiro atoms. The molecule has 36 heavy (non-hydrogen) atoms. The van der Waals surface area contributed by atoms with Crippen LogP contribution in [0.2, 0.25) is 5.02 Å². The molecule has 4 rings (SSSR count). The van der Waals surface area contributed by atoms with Gasteiger partial charge in [-0.25, -0.2) is 9.18 Å². The fourth-order valence-electron chi connectivity index (χ4n) is 4.08. The highest BCUT2D eigenvalue weighted by molar-refractivity contribution is 6.30. The van der Waals surface area contributed by atoms with Crippen LogP contribution >= 0.6 is 11.6 Å². The SMILES string of the molecule is Cn1cc(/C(CC(c2ccc(-c3ccc(C(=O)O)cc3)cc2)c2ccc(Cl)cc2F)=N/O)ccc1=O. The van der Waals surface area contributed by atoms with Crippen LogP contribution in [0.15, 0.2) is 95.0 Å². The minimum atomic E-state index is -0.996. The Morgan fingerprint density at radius 1 is 0.972 bits per heavy atom. The molecule has 0 aliphatic rings. The molecular weight excluding hydrogens is 483 g/mol. The number of carboxylic acids is 1. The largest absolute Gasteiger partial charge is 0.478 e. The second-order valence-corrected chi connectivity index (χ2v) is 8.78. The minimum absolute atomic E-state index is 0.153. The van der Waals surface area contributed by atoms with E-state index in [4.69, 9.17) is 16.7 Å². The summed E-state index contributed by atoms with van der Waals surface area (Å²) in [4.78, 5) is 22.9. The fourth-order valence-corrected chi connectivity index (χ4v) is 4.24. The van der Waals surface area contributed by atoms with E-state index in [9.17, 15) is 14.8 Å². The van der Waals surface area contributed by atoms with Gasteiger partial charge in [0.05, 0.1) is 11.3 Å². The number of nitrogens with zero attached hydrogens (tertiary/aromatic N) is 2. The Kier molecular flexibility index (Phi) is 7.31. The van der Waals surface area contributed by atoms with Crippen LogP contribution < -0.4 is 5.56 Å². The van der Waals surface area contributed by atoms with E-state index in [2.05, 4.69) is 5.16 Å². The summed E-state index contributed by atoms with van der Waals surface area (Å²) in [5.41, 5.74) is 3.67. The summed E-state index contributed by atoms with van der Waals surface area (Å²) in [7, 11) is 1.60. The van der Waals surface area contributed by atoms with Gasteiger partial charge in [-0.1, -0.05) is 59.2 Å². The molecule has 0 bridgehead atoms. The summed E-state index contributed by atoms with van der Waals surface area (Å²) in [5.74, 6) is -2.00. The van der Waals surface area contributed by atoms with Crippen molar-refractivity contribution in [3.05, 3.63) is 129 Å². The maximum Gasteiger partial charge on any atom is 0.335 e. The molecule has 4 aromatic rings. The van der Waals surface area contributed by atoms with Crippen molar-refractivity contribution in [2.24, 2.45) is 12.2 Å². The first-order chi connectivity index (χ1) is 17.3. The quantitative estimate of drug-likeness (QED) is 0.185. The van der Waals surface area contributed by atoms with E-state index < -0.39 is 17.7 Å². The highest BCUT2D eigenvalue weighted by atomic mass is 35.5. The molecule has 8 heteroatoms. The minimum Gasteiger partial charge on any atom is -0.478 e. The van der Waals surface area contributed by atoms with Crippen molar-refractivity contribution >= 4 is 23.3 Å². The van der Waals surface area contributed by atoms with Crippen LogP contribution in [0.25, 0.3) is 11.1 Å². The lowest BCUT2D eigenvalue weighted by Crippen LogP contribution is -2.18. The number of rotatable bonds is 7. The van der Waals surface area contributed by atoms with Gasteiger partial charge in [-0.2, -0.15) is 0 Å². The maximum absolute atomic E-state index is 15.0. The van der Waals surface area contributed by atoms with Gasteiger partial charge in [0, 0.05) is 42.2 Å². The van der Waals surface area contributed by atoms with Crippen molar-refractivity contribution in [1.82, 2.24) is 4.57 Å². The molecule has 182 valence electrons. The summed E-state index contributed by atoms with van der Waals surface area (Å²) in [5, 5.41) is 22.6. The van der Waals surface area contributed by atoms with Crippen LogP contribution in [0.1, 0.15) is 39.4 Å². The van der Waals surface area contributed by atoms with E-state index in [0.717, 1.165) is 16.7 Å². The first kappa shape index (κ1) is 24.9. The highest BCUT2D eigenvalue weighted by Crippen LogP contribution is 2.34. The zero-order chi connectivity index (χ0) is 25.8. The van der Waals surface area contributed by atoms with Crippen LogP contribution in [-0.4, -0.2) is 26.6 Å². The molecule has 1 unspecified atom stereocenters. The first-order valence-electron chi connectivity index (χ1n) is 11.0. The van der Waals surface area contributed by atoms with E-state index in [1.54, 1.807) is 43.6 Å². The molecule has 0 fully saturated rings. The van der Waals surface area contributed by atoms with Gasteiger partial charge < -0.3 is 14.9 Å². The van der Waals surface area contributed by atoms with Gasteiger partial charge >= 0.3 is 5.97 Å². The van der Waals surface area contributed by atoms with Crippen molar-refractivity contribution < 1.29 is 19.5 Å². The maximum atomic E-state index is 15.0. The van der Waals surface area contributed by atoms with Gasteiger partial charge in [-0.3, -0.25) is 4.79 Å². The molecule has 1 atom stereocenters. The van der Waals surface area contributed by atoms with Crippen LogP contribution in [0, 0.1) is 5.82 Å². The summed E-state index contributed by atoms with van der Waals surface area (Å²) >= 11 is 5.98. The Labute approximate surface area is 211 Å². The number of carbonyl (C=O) groups is 1. The lowest BCUT2D eigenvalue weighted by Gasteiger charge is -2.20. The van der Waals surface area contributed by atoms with Crippen LogP contribution in [-0.2, 0) is 7.05 Å². The molecule has 2 N–H and O–H groups in total. The van der Waals surface area contributed by atoms with E-state index in [-0.39, 0.29) is 22.6 Å². The van der Waals surface area contributed by atoms with Gasteiger partial charge in [-0.15, -0.1) is 0 Å². The Morgan fingerprint density at radius 3 is 2.14 bits per heavy atom. The Morgan fingerprint density at radius 2 is 1.58 bits per heavy atom. The third-order valence-corrected chi connectivity index (χ3v) is 6.29. The zero-order valence-corrected chi connectivity index (χ0v) is 20.0. The molecule has 0 amide bonds. The molecule has 6 nitrogen and oxygen atoms in total. The number of oxime groups is 1. The van der Waals surface area contributed by atoms with Gasteiger partial charge in [-0.05, 0) is 52.6 Å². The van der Waals surface area contributed by atoms with Gasteiger partial charge in [0.15, 0.2) is 0 Å². The second kappa shape index (κ2) is 10.6. The summed E-state index contributed by atoms with van der Waals surface area (Å²) in [6.45, 7) is 0. The van der Waals surface area contributed by atoms with Crippen molar-refractivity contribution in [2.45, 2.75) is 12.3 Å². The molecule has 0 saturated carbocycles. The molecule has 0 aliphatic carbocycles. The van der Waals surface area contributed by atoms with Crippen molar-refractivity contribution in [1.29, 1.82) is 0 Å². The lowest BCUT2D eigenvalue weighted by molar-refractivity contribution is 0.0697. The third-order valence-electron chi connectivity index (χ3n) is 6.05. The number of halogens is 2. The molecule has 1 heterocycles. The molecule has 0 radical (unpaired) electrons. The third kappa shape index (κ3) is 5.37. The fraction of sp³-hybridized carbons (Fsp3) is 0.107. The van der Waals surface area contributed by atoms with Crippen LogP contribution in [0.5, 0.6) is 0 Å². The number of carboxylic acid groups (broad SMARTS) is 1. The number of aromatic carboxylic acids is 1. The molecule has 3 aromatic carbocycles. The van der Waals surface area contributed by atoms with E-state index in [0.29, 0.717) is 16.8 Å². The number of hydrogen-bond donors (Lipinski definition) is 2. The summed E-state index contributed by atoms with van der Waals surface area (Å²) < 4.78 is 16.4. The predicted octanol–water partition coefficient (Wildman–Crippen LogP) is 5.94. The lowest BCUT2D eigenvalue weighted by atomic mass is 9.84. The van der Waals surface area contributed by atoms with Gasteiger partial charge in [0.25, 0.3) is 0 Å². The first-order valence-corrected chi connectivity index (χ1v) is 11.4. The second-order valence-electron chi connectivity index (χ2n) is 8.34. The summed E-state index contributed by atoms with van der Waals surface area (Å²) in [6, 6.07) is 21.4. The van der Waals surface area contributed by atoms with E-state index in [1.807, 2.05) is 24.3 Å². The van der Waals surface area contributed by atoms with Crippen LogP contribution in [0.3, 0.4) is 0 Å². The smallest absolute Gasteiger partial charge is 0.335 e. The standard InChI is InChI=1S/C28H22ClFN2O4/c1-32-16-21(10-13-27(32)33)26(31-36)15-24(23-12-11-22(29)14-25(23)30)19-6-2-17(3-7-19)18-4-8-20(9-5-18)28(34)35/h2-14,16,24,36H,15H2,1H3,(H,34,35)/b31-26+. The Balaban J connectivity index is 1.72. The molecule has 1 aromatic heterocycles. The average molecular weight is 505 g/mol. The average Bonchev–Trinajstić information content (AvgIpc) is 2.87. The topological polar surface area (TPSA) is 91.9 Å². The number of aryl methyl sites for hydroxylation is 1. The van der Waals surface area contributed by atoms with Crippen LogP contribution in [0.4, 0.5) is 4.39 Å². The number of pyridine rings is 1. The monoisotopic (exact) mass is 504 g/mol. The zero-order valence-electron chi connectivity index (χ0n) is 19.2. The van der Waals surface area contributed by atoms with E-state index in [1.165, 1.54) is 28.8 Å². The van der Waals surface area contributed by atoms with Crippen molar-refractivity contribution in [3.8, 4) is 11.1 Å². The van der Waals surface area contributed by atoms with E-state index >= 15 is 4.39 Å². The number of hydrogen-bond acceptors (Lipinski definition) is 4. The molecule has 0 aliphatic heterocycles. The van der Waals surface area contributed by atoms with Crippen molar-refractivity contribution in [3.63, 3.8) is 0 Å². The Bertz CT molecular complexity index is 1500. The summed E-state index contributed by atoms with van der Waals surface area (Å²) in [6.07, 6.45) is 1.72. The predicted molar refractivity (Wildman–Crippen MR) is 137 cm³/mol. The number of aromatic nitrogens is 1. The van der Waals surface area contributed by atoms with Crippen molar-refractivity contribution in [2.75, 3.05) is 0 Å². The molecule has 0 saturated heterocycles. The normalized spacial score (nSPS) is 12.4. The highest BCUT2D eigenvalue weighted by Gasteiger charge is 2.22. The Hall–Kier alpha value is -4.23.